The van der Waals surface area contributed by atoms with Crippen LogP contribution in [0.25, 0.3) is 0 Å². The van der Waals surface area contributed by atoms with Crippen molar-refractivity contribution in [3.63, 3.8) is 0 Å². The number of carbonyl (C=O) groups is 1. The molecule has 1 aromatic carbocycles. The van der Waals surface area contributed by atoms with Gasteiger partial charge < -0.3 is 15.8 Å². The highest BCUT2D eigenvalue weighted by molar-refractivity contribution is 9.10. The van der Waals surface area contributed by atoms with E-state index in [2.05, 4.69) is 33.4 Å². The van der Waals surface area contributed by atoms with Gasteiger partial charge in [-0.3, -0.25) is 4.79 Å². The molecule has 24 heavy (non-hydrogen) atoms. The van der Waals surface area contributed by atoms with E-state index in [1.165, 1.54) is 11.1 Å². The second-order valence-electron chi connectivity index (χ2n) is 7.21. The number of nitrogens with one attached hydrogen (secondary N) is 1. The first-order valence-electron chi connectivity index (χ1n) is 8.30. The van der Waals surface area contributed by atoms with Crippen molar-refractivity contribution in [1.82, 2.24) is 5.32 Å². The molecule has 1 aromatic rings. The van der Waals surface area contributed by atoms with Crippen LogP contribution in [-0.2, 0) is 16.0 Å². The van der Waals surface area contributed by atoms with Gasteiger partial charge in [0.25, 0.3) is 0 Å². The molecule has 3 rings (SSSR count). The highest BCUT2D eigenvalue weighted by Gasteiger charge is 2.63. The van der Waals surface area contributed by atoms with E-state index in [1.807, 2.05) is 26.8 Å². The molecule has 0 saturated heterocycles. The second kappa shape index (κ2) is 6.94. The number of carbonyl (C=O) groups excluding carboxylic acids is 1. The van der Waals surface area contributed by atoms with Crippen LogP contribution in [0.1, 0.15) is 50.8 Å². The topological polar surface area (TPSA) is 64.3 Å². The van der Waals surface area contributed by atoms with Crippen LogP contribution >= 0.6 is 28.3 Å². The molecule has 0 bridgehead atoms. The molecule has 2 aliphatic carbocycles. The summed E-state index contributed by atoms with van der Waals surface area (Å²) < 4.78 is 6.83. The zero-order valence-corrected chi connectivity index (χ0v) is 16.8. The van der Waals surface area contributed by atoms with E-state index in [1.54, 1.807) is 0 Å². The Hall–Kier alpha value is -0.620. The molecule has 0 heterocycles. The number of fused-ring (bicyclic) bond motifs is 1. The molecule has 6 heteroatoms. The molecule has 4 nitrogen and oxygen atoms in total. The third kappa shape index (κ3) is 2.90. The summed E-state index contributed by atoms with van der Waals surface area (Å²) in [4.78, 5) is 12.9. The number of rotatable bonds is 4. The zero-order chi connectivity index (χ0) is 16.8. The van der Waals surface area contributed by atoms with Crippen LogP contribution < -0.4 is 11.1 Å². The number of benzene rings is 1. The van der Waals surface area contributed by atoms with Gasteiger partial charge in [-0.2, -0.15) is 0 Å². The van der Waals surface area contributed by atoms with E-state index in [-0.39, 0.29) is 35.9 Å². The maximum absolute atomic E-state index is 12.9. The van der Waals surface area contributed by atoms with Gasteiger partial charge in [-0.25, -0.2) is 0 Å². The second-order valence-corrected chi connectivity index (χ2v) is 8.07. The van der Waals surface area contributed by atoms with Crippen LogP contribution in [0.2, 0.25) is 0 Å². The quantitative estimate of drug-likeness (QED) is 0.788. The molecule has 134 valence electrons. The number of amides is 1. The summed E-state index contributed by atoms with van der Waals surface area (Å²) in [5.74, 6) is -0.0590. The summed E-state index contributed by atoms with van der Waals surface area (Å²) in [6.45, 7) is 6.67. The Bertz CT molecular complexity index is 637. The predicted molar refractivity (Wildman–Crippen MR) is 101 cm³/mol. The van der Waals surface area contributed by atoms with Gasteiger partial charge in [-0.1, -0.05) is 41.9 Å². The smallest absolute Gasteiger partial charge is 0.241 e. The number of ether oxygens (including phenoxy) is 1. The van der Waals surface area contributed by atoms with E-state index < -0.39 is 5.54 Å². The molecule has 1 amide bonds. The lowest BCUT2D eigenvalue weighted by atomic mass is 9.54. The van der Waals surface area contributed by atoms with Crippen LogP contribution in [0.15, 0.2) is 22.7 Å². The molecule has 0 aliphatic heterocycles. The summed E-state index contributed by atoms with van der Waals surface area (Å²) >= 11 is 3.59. The summed E-state index contributed by atoms with van der Waals surface area (Å²) in [6, 6.07) is 6.22. The Labute approximate surface area is 158 Å². The minimum absolute atomic E-state index is 0. The highest BCUT2D eigenvalue weighted by Crippen LogP contribution is 2.50. The first kappa shape index (κ1) is 19.7. The molecular formula is C18H26BrClN2O2. The number of halogens is 2. The van der Waals surface area contributed by atoms with E-state index in [0.717, 1.165) is 17.3 Å². The normalized spacial score (nSPS) is 30.0. The fraction of sp³-hybridized carbons (Fsp3) is 0.611. The first-order chi connectivity index (χ1) is 10.8. The van der Waals surface area contributed by atoms with Crippen molar-refractivity contribution in [2.75, 3.05) is 6.61 Å². The van der Waals surface area contributed by atoms with Crippen molar-refractivity contribution in [3.05, 3.63) is 33.8 Å². The molecule has 1 saturated carbocycles. The average molecular weight is 418 g/mol. The molecular weight excluding hydrogens is 392 g/mol. The number of nitrogens with two attached hydrogens (primary N) is 1. The minimum Gasteiger partial charge on any atom is -0.378 e. The molecule has 3 unspecified atom stereocenters. The van der Waals surface area contributed by atoms with Gasteiger partial charge in [0, 0.05) is 22.9 Å². The van der Waals surface area contributed by atoms with Gasteiger partial charge in [0.2, 0.25) is 5.91 Å². The lowest BCUT2D eigenvalue weighted by molar-refractivity contribution is -0.171. The van der Waals surface area contributed by atoms with Crippen molar-refractivity contribution in [1.29, 1.82) is 0 Å². The highest BCUT2D eigenvalue weighted by atomic mass is 79.9. The van der Waals surface area contributed by atoms with E-state index >= 15 is 0 Å². The van der Waals surface area contributed by atoms with Crippen molar-refractivity contribution < 1.29 is 9.53 Å². The maximum atomic E-state index is 12.9. The van der Waals surface area contributed by atoms with E-state index in [9.17, 15) is 4.79 Å². The van der Waals surface area contributed by atoms with Gasteiger partial charge in [0.1, 0.15) is 5.54 Å². The molecule has 0 radical (unpaired) electrons. The molecule has 0 spiro atoms. The van der Waals surface area contributed by atoms with Gasteiger partial charge in [0.05, 0.1) is 12.1 Å². The Morgan fingerprint density at radius 1 is 1.46 bits per heavy atom. The monoisotopic (exact) mass is 416 g/mol. The lowest BCUT2D eigenvalue weighted by Gasteiger charge is -2.57. The molecule has 3 atom stereocenters. The van der Waals surface area contributed by atoms with Gasteiger partial charge in [-0.15, -0.1) is 12.4 Å². The van der Waals surface area contributed by atoms with Crippen molar-refractivity contribution in [2.45, 2.75) is 57.7 Å². The number of hydrogen-bond acceptors (Lipinski definition) is 3. The molecule has 2 aliphatic rings. The van der Waals surface area contributed by atoms with Crippen LogP contribution in [0, 0.1) is 5.41 Å². The standard InChI is InChI=1S/C18H25BrN2O2.ClH/c1-4-23-15-10-18(20,17(15,2)3)16(22)21-14-9-8-11-12(14)6-5-7-13(11)19;/h5-7,14-15H,4,8-10,20H2,1-3H3,(H,21,22);1H. The minimum atomic E-state index is -0.860. The van der Waals surface area contributed by atoms with Crippen LogP contribution in [0.3, 0.4) is 0 Å². The van der Waals surface area contributed by atoms with Crippen LogP contribution in [-0.4, -0.2) is 24.2 Å². The van der Waals surface area contributed by atoms with Crippen molar-refractivity contribution in [3.8, 4) is 0 Å². The summed E-state index contributed by atoms with van der Waals surface area (Å²) in [5.41, 5.74) is 7.76. The van der Waals surface area contributed by atoms with Crippen LogP contribution in [0.5, 0.6) is 0 Å². The fourth-order valence-corrected chi connectivity index (χ4v) is 4.45. The third-order valence-corrected chi connectivity index (χ3v) is 6.50. The Morgan fingerprint density at radius 2 is 2.17 bits per heavy atom. The van der Waals surface area contributed by atoms with Gasteiger partial charge >= 0.3 is 0 Å². The van der Waals surface area contributed by atoms with Crippen molar-refractivity contribution >= 4 is 34.2 Å². The molecule has 3 N–H and O–H groups in total. The SMILES string of the molecule is CCOC1CC(N)(C(=O)NC2CCc3c(Br)cccc32)C1(C)C.Cl. The zero-order valence-electron chi connectivity index (χ0n) is 14.4. The molecule has 0 aromatic heterocycles. The summed E-state index contributed by atoms with van der Waals surface area (Å²) in [6.07, 6.45) is 2.53. The summed E-state index contributed by atoms with van der Waals surface area (Å²) in [7, 11) is 0. The third-order valence-electron chi connectivity index (χ3n) is 5.75. The molecule has 1 fully saturated rings. The summed E-state index contributed by atoms with van der Waals surface area (Å²) in [5, 5.41) is 3.18. The van der Waals surface area contributed by atoms with Gasteiger partial charge in [0.15, 0.2) is 0 Å². The largest absolute Gasteiger partial charge is 0.378 e. The van der Waals surface area contributed by atoms with E-state index in [4.69, 9.17) is 10.5 Å². The first-order valence-corrected chi connectivity index (χ1v) is 9.09. The maximum Gasteiger partial charge on any atom is 0.241 e. The fourth-order valence-electron chi connectivity index (χ4n) is 3.87. The van der Waals surface area contributed by atoms with Crippen LogP contribution in [0.4, 0.5) is 0 Å². The predicted octanol–water partition coefficient (Wildman–Crippen LogP) is 3.51. The lowest BCUT2D eigenvalue weighted by Crippen LogP contribution is -2.75. The Morgan fingerprint density at radius 3 is 2.79 bits per heavy atom. The van der Waals surface area contributed by atoms with E-state index in [0.29, 0.717) is 13.0 Å². The van der Waals surface area contributed by atoms with Crippen molar-refractivity contribution in [2.24, 2.45) is 11.1 Å². The average Bonchev–Trinajstić information content (AvgIpc) is 2.91. The number of hydrogen-bond donors (Lipinski definition) is 2. The Balaban J connectivity index is 0.00000208. The van der Waals surface area contributed by atoms with Gasteiger partial charge in [-0.05, 0) is 37.0 Å². The Kier molecular flexibility index (Phi) is 5.70.